The van der Waals surface area contributed by atoms with Crippen molar-refractivity contribution in [2.24, 2.45) is 5.14 Å². The smallest absolute Gasteiger partial charge is 0.265 e. The van der Waals surface area contributed by atoms with Crippen LogP contribution in [0.15, 0.2) is 11.0 Å². The van der Waals surface area contributed by atoms with Gasteiger partial charge in [-0.05, 0) is 13.0 Å². The van der Waals surface area contributed by atoms with Crippen molar-refractivity contribution in [3.05, 3.63) is 17.3 Å². The molecule has 0 atom stereocenters. The molecule has 0 radical (unpaired) electrons. The van der Waals surface area contributed by atoms with Gasteiger partial charge in [0.15, 0.2) is 4.90 Å². The van der Waals surface area contributed by atoms with E-state index in [2.05, 4.69) is 9.72 Å². The number of nitrogens with two attached hydrogens (primary N) is 1. The molecule has 0 amide bonds. The molecule has 1 aromatic heterocycles. The summed E-state index contributed by atoms with van der Waals surface area (Å²) in [7, 11) is -3.17. The predicted octanol–water partition coefficient (Wildman–Crippen LogP) is 0.984. The zero-order valence-corrected chi connectivity index (χ0v) is 9.38. The van der Waals surface area contributed by atoms with E-state index in [9.17, 15) is 17.2 Å². The van der Waals surface area contributed by atoms with E-state index < -0.39 is 32.8 Å². The quantitative estimate of drug-likeness (QED) is 0.869. The maximum Gasteiger partial charge on any atom is 0.265 e. The van der Waals surface area contributed by atoms with Crippen molar-refractivity contribution in [1.82, 2.24) is 4.98 Å². The number of alkyl halides is 2. The van der Waals surface area contributed by atoms with Crippen molar-refractivity contribution >= 4 is 10.0 Å². The fraction of sp³-hybridized carbons (Fsp3) is 0.375. The SMILES string of the molecule is COc1nc(C)cc(C(F)F)c1S(N)(=O)=O. The molecule has 0 unspecified atom stereocenters. The molecular weight excluding hydrogens is 242 g/mol. The number of ether oxygens (including phenoxy) is 1. The molecule has 0 aromatic carbocycles. The first-order chi connectivity index (χ1) is 7.27. The highest BCUT2D eigenvalue weighted by Crippen LogP contribution is 2.32. The molecule has 0 spiro atoms. The number of pyridine rings is 1. The van der Waals surface area contributed by atoms with Crippen molar-refractivity contribution in [3.63, 3.8) is 0 Å². The largest absolute Gasteiger partial charge is 0.480 e. The Balaban J connectivity index is 3.65. The Bertz CT molecular complexity index is 502. The standard InChI is InChI=1S/C8H10F2N2O3S/c1-4-3-5(7(9)10)6(16(11,13)14)8(12-4)15-2/h3,7H,1-2H3,(H2,11,13,14). The van der Waals surface area contributed by atoms with Crippen LogP contribution in [-0.4, -0.2) is 20.5 Å². The molecule has 90 valence electrons. The first-order valence-corrected chi connectivity index (χ1v) is 5.68. The van der Waals surface area contributed by atoms with Gasteiger partial charge in [-0.3, -0.25) is 0 Å². The fourth-order valence-corrected chi connectivity index (χ4v) is 2.09. The minimum atomic E-state index is -4.31. The van der Waals surface area contributed by atoms with Crippen molar-refractivity contribution < 1.29 is 21.9 Å². The molecule has 2 N–H and O–H groups in total. The molecule has 0 aliphatic carbocycles. The Morgan fingerprint density at radius 2 is 2.06 bits per heavy atom. The molecule has 8 heteroatoms. The van der Waals surface area contributed by atoms with Gasteiger partial charge in [-0.2, -0.15) is 0 Å². The zero-order valence-electron chi connectivity index (χ0n) is 8.57. The van der Waals surface area contributed by atoms with Gasteiger partial charge in [0.05, 0.1) is 7.11 Å². The van der Waals surface area contributed by atoms with E-state index in [0.717, 1.165) is 13.2 Å². The van der Waals surface area contributed by atoms with Crippen LogP contribution in [0.25, 0.3) is 0 Å². The number of hydrogen-bond donors (Lipinski definition) is 1. The Morgan fingerprint density at radius 1 is 1.50 bits per heavy atom. The van der Waals surface area contributed by atoms with E-state index >= 15 is 0 Å². The molecule has 0 aliphatic rings. The van der Waals surface area contributed by atoms with Crippen LogP contribution in [-0.2, 0) is 10.0 Å². The van der Waals surface area contributed by atoms with Crippen molar-refractivity contribution in [2.75, 3.05) is 7.11 Å². The van der Waals surface area contributed by atoms with Crippen molar-refractivity contribution in [3.8, 4) is 5.88 Å². The Labute approximate surface area is 91.3 Å². The first kappa shape index (κ1) is 12.8. The molecule has 5 nitrogen and oxygen atoms in total. The minimum absolute atomic E-state index is 0.222. The molecular formula is C8H10F2N2O3S. The molecule has 1 aromatic rings. The molecule has 0 saturated carbocycles. The number of methoxy groups -OCH3 is 1. The van der Waals surface area contributed by atoms with Crippen LogP contribution in [0, 0.1) is 6.92 Å². The van der Waals surface area contributed by atoms with E-state index in [1.165, 1.54) is 6.92 Å². The maximum absolute atomic E-state index is 12.7. The lowest BCUT2D eigenvalue weighted by atomic mass is 10.2. The number of sulfonamides is 1. The molecule has 0 saturated heterocycles. The average Bonchev–Trinajstić information content (AvgIpc) is 2.14. The van der Waals surface area contributed by atoms with Gasteiger partial charge in [-0.25, -0.2) is 27.3 Å². The third kappa shape index (κ3) is 2.45. The van der Waals surface area contributed by atoms with Gasteiger partial charge < -0.3 is 4.74 Å². The molecule has 0 fully saturated rings. The van der Waals surface area contributed by atoms with E-state index in [0.29, 0.717) is 0 Å². The van der Waals surface area contributed by atoms with Crippen LogP contribution in [0.3, 0.4) is 0 Å². The summed E-state index contributed by atoms with van der Waals surface area (Å²) in [5.74, 6) is -0.419. The normalized spacial score (nSPS) is 11.9. The highest BCUT2D eigenvalue weighted by atomic mass is 32.2. The lowest BCUT2D eigenvalue weighted by Crippen LogP contribution is -2.17. The van der Waals surface area contributed by atoms with E-state index in [1.807, 2.05) is 0 Å². The van der Waals surface area contributed by atoms with Gasteiger partial charge in [0.1, 0.15) is 0 Å². The van der Waals surface area contributed by atoms with Crippen LogP contribution in [0.2, 0.25) is 0 Å². The van der Waals surface area contributed by atoms with Crippen LogP contribution < -0.4 is 9.88 Å². The summed E-state index contributed by atoms with van der Waals surface area (Å²) in [6.45, 7) is 1.45. The van der Waals surface area contributed by atoms with Gasteiger partial charge in [-0.1, -0.05) is 0 Å². The average molecular weight is 252 g/mol. The molecule has 0 bridgehead atoms. The Morgan fingerprint density at radius 3 is 2.44 bits per heavy atom. The van der Waals surface area contributed by atoms with Crippen LogP contribution >= 0.6 is 0 Å². The van der Waals surface area contributed by atoms with Gasteiger partial charge >= 0.3 is 0 Å². The maximum atomic E-state index is 12.7. The first-order valence-electron chi connectivity index (χ1n) is 4.14. The topological polar surface area (TPSA) is 82.3 Å². The van der Waals surface area contributed by atoms with Crippen LogP contribution in [0.1, 0.15) is 17.7 Å². The van der Waals surface area contributed by atoms with Crippen LogP contribution in [0.4, 0.5) is 8.78 Å². The summed E-state index contributed by atoms with van der Waals surface area (Å²) in [5, 5.41) is 4.84. The summed E-state index contributed by atoms with van der Waals surface area (Å²) in [4.78, 5) is 2.92. The number of aromatic nitrogens is 1. The van der Waals surface area contributed by atoms with Crippen molar-refractivity contribution in [1.29, 1.82) is 0 Å². The summed E-state index contributed by atoms with van der Waals surface area (Å²) in [5.41, 5.74) is -0.480. The van der Waals surface area contributed by atoms with Crippen molar-refractivity contribution in [2.45, 2.75) is 18.2 Å². The second-order valence-electron chi connectivity index (χ2n) is 3.04. The number of aryl methyl sites for hydroxylation is 1. The minimum Gasteiger partial charge on any atom is -0.480 e. The number of primary sulfonamides is 1. The Kier molecular flexibility index (Phi) is 3.44. The van der Waals surface area contributed by atoms with Gasteiger partial charge in [0.2, 0.25) is 15.9 Å². The summed E-state index contributed by atoms with van der Waals surface area (Å²) >= 11 is 0. The Hall–Kier alpha value is -1.28. The van der Waals surface area contributed by atoms with Gasteiger partial charge in [0.25, 0.3) is 6.43 Å². The van der Waals surface area contributed by atoms with E-state index in [-0.39, 0.29) is 5.69 Å². The third-order valence-electron chi connectivity index (χ3n) is 1.81. The second-order valence-corrected chi connectivity index (χ2v) is 4.54. The summed E-state index contributed by atoms with van der Waals surface area (Å²) < 4.78 is 52.3. The van der Waals surface area contributed by atoms with E-state index in [4.69, 9.17) is 5.14 Å². The fourth-order valence-electron chi connectivity index (χ4n) is 1.24. The molecule has 1 heterocycles. The highest BCUT2D eigenvalue weighted by molar-refractivity contribution is 7.89. The summed E-state index contributed by atoms with van der Waals surface area (Å²) in [6.07, 6.45) is -2.97. The number of nitrogens with zero attached hydrogens (tertiary/aromatic N) is 1. The van der Waals surface area contributed by atoms with Gasteiger partial charge in [-0.15, -0.1) is 0 Å². The third-order valence-corrected chi connectivity index (χ3v) is 2.79. The lowest BCUT2D eigenvalue weighted by molar-refractivity contribution is 0.146. The number of rotatable bonds is 3. The monoisotopic (exact) mass is 252 g/mol. The zero-order chi connectivity index (χ0) is 12.5. The predicted molar refractivity (Wildman–Crippen MR) is 51.9 cm³/mol. The summed E-state index contributed by atoms with van der Waals surface area (Å²) in [6, 6.07) is 0.965. The molecule has 1 rings (SSSR count). The number of halogens is 2. The second kappa shape index (κ2) is 4.30. The van der Waals surface area contributed by atoms with Gasteiger partial charge in [0, 0.05) is 11.3 Å². The highest BCUT2D eigenvalue weighted by Gasteiger charge is 2.26. The molecule has 0 aliphatic heterocycles. The lowest BCUT2D eigenvalue weighted by Gasteiger charge is -2.11. The molecule has 16 heavy (non-hydrogen) atoms. The number of hydrogen-bond acceptors (Lipinski definition) is 4. The van der Waals surface area contributed by atoms with E-state index in [1.54, 1.807) is 0 Å². The van der Waals surface area contributed by atoms with Crippen LogP contribution in [0.5, 0.6) is 5.88 Å².